The SMILES string of the molecule is O=C(O)c1cnn(Cc2nc(C3CC3)no2)c1. The van der Waals surface area contributed by atoms with E-state index in [9.17, 15) is 4.79 Å². The van der Waals surface area contributed by atoms with Crippen LogP contribution in [0.2, 0.25) is 0 Å². The molecule has 0 unspecified atom stereocenters. The third kappa shape index (κ3) is 2.03. The van der Waals surface area contributed by atoms with Gasteiger partial charge in [0.15, 0.2) is 5.82 Å². The van der Waals surface area contributed by atoms with Crippen LogP contribution in [-0.4, -0.2) is 31.0 Å². The van der Waals surface area contributed by atoms with Crippen LogP contribution in [0, 0.1) is 0 Å². The Morgan fingerprint density at radius 3 is 3.06 bits per heavy atom. The normalized spacial score (nSPS) is 15.1. The molecule has 0 atom stereocenters. The predicted molar refractivity (Wildman–Crippen MR) is 54.6 cm³/mol. The van der Waals surface area contributed by atoms with Gasteiger partial charge in [-0.15, -0.1) is 0 Å². The first kappa shape index (κ1) is 10.0. The molecule has 0 bridgehead atoms. The fraction of sp³-hybridized carbons (Fsp3) is 0.400. The molecule has 1 aliphatic rings. The van der Waals surface area contributed by atoms with Crippen molar-refractivity contribution in [2.75, 3.05) is 0 Å². The van der Waals surface area contributed by atoms with Gasteiger partial charge in [-0.1, -0.05) is 5.16 Å². The van der Waals surface area contributed by atoms with Crippen LogP contribution in [0.1, 0.15) is 40.8 Å². The highest BCUT2D eigenvalue weighted by atomic mass is 16.5. The molecule has 7 nitrogen and oxygen atoms in total. The van der Waals surface area contributed by atoms with E-state index in [0.29, 0.717) is 18.4 Å². The van der Waals surface area contributed by atoms with Gasteiger partial charge in [0.05, 0.1) is 11.8 Å². The number of rotatable bonds is 4. The van der Waals surface area contributed by atoms with E-state index < -0.39 is 5.97 Å². The highest BCUT2D eigenvalue weighted by molar-refractivity contribution is 5.86. The predicted octanol–water partition coefficient (Wildman–Crippen LogP) is 0.890. The highest BCUT2D eigenvalue weighted by Crippen LogP contribution is 2.38. The van der Waals surface area contributed by atoms with Crippen molar-refractivity contribution in [2.45, 2.75) is 25.3 Å². The maximum Gasteiger partial charge on any atom is 0.338 e. The number of aromatic nitrogens is 4. The third-order valence-corrected chi connectivity index (χ3v) is 2.60. The lowest BCUT2D eigenvalue weighted by molar-refractivity contribution is 0.0696. The average molecular weight is 234 g/mol. The van der Waals surface area contributed by atoms with Crippen molar-refractivity contribution in [1.29, 1.82) is 0 Å². The van der Waals surface area contributed by atoms with Gasteiger partial charge >= 0.3 is 5.97 Å². The van der Waals surface area contributed by atoms with E-state index in [4.69, 9.17) is 9.63 Å². The minimum atomic E-state index is -1.000. The van der Waals surface area contributed by atoms with Crippen molar-refractivity contribution >= 4 is 5.97 Å². The van der Waals surface area contributed by atoms with E-state index in [2.05, 4.69) is 15.2 Å². The molecule has 1 N–H and O–H groups in total. The number of nitrogens with zero attached hydrogens (tertiary/aromatic N) is 4. The molecule has 0 saturated heterocycles. The second-order valence-corrected chi connectivity index (χ2v) is 4.05. The minimum Gasteiger partial charge on any atom is -0.478 e. The van der Waals surface area contributed by atoms with Crippen LogP contribution in [-0.2, 0) is 6.54 Å². The second-order valence-electron chi connectivity index (χ2n) is 4.05. The lowest BCUT2D eigenvalue weighted by Gasteiger charge is -1.93. The summed E-state index contributed by atoms with van der Waals surface area (Å²) in [6.07, 6.45) is 4.96. The zero-order chi connectivity index (χ0) is 11.8. The molecule has 7 heteroatoms. The van der Waals surface area contributed by atoms with Gasteiger partial charge in [0.1, 0.15) is 6.54 Å². The second kappa shape index (κ2) is 3.69. The van der Waals surface area contributed by atoms with E-state index in [1.807, 2.05) is 0 Å². The number of hydrogen-bond donors (Lipinski definition) is 1. The Morgan fingerprint density at radius 2 is 2.41 bits per heavy atom. The molecule has 1 fully saturated rings. The summed E-state index contributed by atoms with van der Waals surface area (Å²) in [5, 5.41) is 16.5. The molecule has 88 valence electrons. The number of carbonyl (C=O) groups is 1. The molecule has 3 rings (SSSR count). The molecular weight excluding hydrogens is 224 g/mol. The first-order valence-electron chi connectivity index (χ1n) is 5.30. The molecule has 2 aromatic heterocycles. The van der Waals surface area contributed by atoms with Crippen molar-refractivity contribution in [3.63, 3.8) is 0 Å². The first-order valence-corrected chi connectivity index (χ1v) is 5.30. The zero-order valence-corrected chi connectivity index (χ0v) is 8.91. The smallest absolute Gasteiger partial charge is 0.338 e. The van der Waals surface area contributed by atoms with E-state index in [1.165, 1.54) is 17.1 Å². The molecule has 17 heavy (non-hydrogen) atoms. The van der Waals surface area contributed by atoms with Crippen LogP contribution in [0.15, 0.2) is 16.9 Å². The molecule has 0 amide bonds. The Kier molecular flexibility index (Phi) is 2.17. The summed E-state index contributed by atoms with van der Waals surface area (Å²) in [7, 11) is 0. The highest BCUT2D eigenvalue weighted by Gasteiger charge is 2.28. The molecule has 0 radical (unpaired) electrons. The zero-order valence-electron chi connectivity index (χ0n) is 8.91. The van der Waals surface area contributed by atoms with Crippen LogP contribution >= 0.6 is 0 Å². The average Bonchev–Trinajstić information content (AvgIpc) is 2.87. The lowest BCUT2D eigenvalue weighted by atomic mass is 10.4. The van der Waals surface area contributed by atoms with Crippen LogP contribution in [0.25, 0.3) is 0 Å². The summed E-state index contributed by atoms with van der Waals surface area (Å²) in [5.41, 5.74) is 0.145. The maximum atomic E-state index is 10.7. The van der Waals surface area contributed by atoms with Crippen molar-refractivity contribution in [2.24, 2.45) is 0 Å². The van der Waals surface area contributed by atoms with Gasteiger partial charge in [0.2, 0.25) is 5.89 Å². The van der Waals surface area contributed by atoms with Crippen molar-refractivity contribution in [3.8, 4) is 0 Å². The number of aromatic carboxylic acids is 1. The van der Waals surface area contributed by atoms with Gasteiger partial charge in [0, 0.05) is 12.1 Å². The third-order valence-electron chi connectivity index (χ3n) is 2.60. The van der Waals surface area contributed by atoms with Crippen LogP contribution < -0.4 is 0 Å². The van der Waals surface area contributed by atoms with Crippen molar-refractivity contribution < 1.29 is 14.4 Å². The summed E-state index contributed by atoms with van der Waals surface area (Å²) in [6, 6.07) is 0. The van der Waals surface area contributed by atoms with Gasteiger partial charge in [-0.05, 0) is 12.8 Å². The quantitative estimate of drug-likeness (QED) is 0.844. The number of carboxylic acid groups (broad SMARTS) is 1. The fourth-order valence-corrected chi connectivity index (χ4v) is 1.54. The van der Waals surface area contributed by atoms with Gasteiger partial charge in [0.25, 0.3) is 0 Å². The Morgan fingerprint density at radius 1 is 1.59 bits per heavy atom. The number of carboxylic acids is 1. The monoisotopic (exact) mass is 234 g/mol. The van der Waals surface area contributed by atoms with Crippen molar-refractivity contribution in [1.82, 2.24) is 19.9 Å². The summed E-state index contributed by atoms with van der Waals surface area (Å²) in [4.78, 5) is 14.9. The summed E-state index contributed by atoms with van der Waals surface area (Å²) in [5.74, 6) is 0.637. The molecule has 2 heterocycles. The summed E-state index contributed by atoms with van der Waals surface area (Å²) < 4.78 is 6.54. The lowest BCUT2D eigenvalue weighted by Crippen LogP contribution is -2.01. The molecule has 1 aliphatic carbocycles. The Hall–Kier alpha value is -2.18. The molecule has 0 spiro atoms. The van der Waals surface area contributed by atoms with Crippen LogP contribution in [0.5, 0.6) is 0 Å². The first-order chi connectivity index (χ1) is 8.22. The van der Waals surface area contributed by atoms with E-state index >= 15 is 0 Å². The minimum absolute atomic E-state index is 0.145. The molecule has 1 saturated carbocycles. The Balaban J connectivity index is 1.73. The van der Waals surface area contributed by atoms with Crippen molar-refractivity contribution in [3.05, 3.63) is 29.7 Å². The summed E-state index contributed by atoms with van der Waals surface area (Å²) in [6.45, 7) is 0.299. The summed E-state index contributed by atoms with van der Waals surface area (Å²) >= 11 is 0. The fourth-order valence-electron chi connectivity index (χ4n) is 1.54. The van der Waals surface area contributed by atoms with Gasteiger partial charge in [-0.3, -0.25) is 4.68 Å². The topological polar surface area (TPSA) is 94.0 Å². The van der Waals surface area contributed by atoms with E-state index in [1.54, 1.807) is 0 Å². The Labute approximate surface area is 96.1 Å². The van der Waals surface area contributed by atoms with Gasteiger partial charge in [-0.2, -0.15) is 10.1 Å². The Bertz CT molecular complexity index is 555. The largest absolute Gasteiger partial charge is 0.478 e. The number of hydrogen-bond acceptors (Lipinski definition) is 5. The van der Waals surface area contributed by atoms with Gasteiger partial charge < -0.3 is 9.63 Å². The van der Waals surface area contributed by atoms with Crippen LogP contribution in [0.4, 0.5) is 0 Å². The van der Waals surface area contributed by atoms with Crippen LogP contribution in [0.3, 0.4) is 0 Å². The molecule has 2 aromatic rings. The molecule has 0 aromatic carbocycles. The molecular formula is C10H10N4O3. The van der Waals surface area contributed by atoms with E-state index in [0.717, 1.165) is 18.7 Å². The van der Waals surface area contributed by atoms with E-state index in [-0.39, 0.29) is 5.56 Å². The standard InChI is InChI=1S/C10H10N4O3/c15-10(16)7-3-11-14(4-7)5-8-12-9(13-17-8)6-1-2-6/h3-4,6H,1-2,5H2,(H,15,16). The van der Waals surface area contributed by atoms with Gasteiger partial charge in [-0.25, -0.2) is 4.79 Å². The molecule has 0 aliphatic heterocycles. The maximum absolute atomic E-state index is 10.7.